The molecule has 0 aliphatic heterocycles. The first kappa shape index (κ1) is 11.7. The maximum Gasteiger partial charge on any atom is 0.140 e. The fourth-order valence-corrected chi connectivity index (χ4v) is 1.99. The maximum atomic E-state index is 11.6. The van der Waals surface area contributed by atoms with Crippen molar-refractivity contribution in [3.05, 3.63) is 12.2 Å². The lowest BCUT2D eigenvalue weighted by Crippen LogP contribution is -2.33. The lowest BCUT2D eigenvalue weighted by molar-refractivity contribution is -0.121. The molecule has 0 N–H and O–H groups in total. The molecule has 0 saturated carbocycles. The summed E-state index contributed by atoms with van der Waals surface area (Å²) in [6, 6.07) is 0.504. The summed E-state index contributed by atoms with van der Waals surface area (Å²) in [5.74, 6) is 0.813. The number of allylic oxidation sites excluding steroid dienone is 1. The Balaban J connectivity index is 2.52. The van der Waals surface area contributed by atoms with Gasteiger partial charge in [0.05, 0.1) is 0 Å². The second-order valence-corrected chi connectivity index (χ2v) is 4.41. The summed E-state index contributed by atoms with van der Waals surface area (Å²) >= 11 is 5.56. The number of rotatable bonds is 4. The van der Waals surface area contributed by atoms with Crippen LogP contribution < -0.4 is 0 Å². The molecule has 0 spiro atoms. The molecule has 1 rings (SSSR count). The van der Waals surface area contributed by atoms with Gasteiger partial charge in [-0.3, -0.25) is 4.79 Å². The van der Waals surface area contributed by atoms with Gasteiger partial charge in [0.2, 0.25) is 0 Å². The smallest absolute Gasteiger partial charge is 0.140 e. The van der Waals surface area contributed by atoms with E-state index in [1.165, 1.54) is 0 Å². The first-order valence-corrected chi connectivity index (χ1v) is 5.60. The van der Waals surface area contributed by atoms with E-state index in [2.05, 4.69) is 25.1 Å². The highest BCUT2D eigenvalue weighted by Gasteiger charge is 2.23. The molecule has 2 nitrogen and oxygen atoms in total. The van der Waals surface area contributed by atoms with Crippen LogP contribution in [0.1, 0.15) is 19.3 Å². The van der Waals surface area contributed by atoms with Gasteiger partial charge in [-0.1, -0.05) is 12.2 Å². The molecule has 0 aromatic rings. The van der Waals surface area contributed by atoms with Gasteiger partial charge < -0.3 is 4.90 Å². The van der Waals surface area contributed by atoms with Crippen molar-refractivity contribution >= 4 is 17.4 Å². The van der Waals surface area contributed by atoms with Crippen molar-refractivity contribution in [2.24, 2.45) is 5.92 Å². The number of halogens is 1. The lowest BCUT2D eigenvalue weighted by atomic mass is 9.87. The lowest BCUT2D eigenvalue weighted by Gasteiger charge is -2.29. The van der Waals surface area contributed by atoms with Gasteiger partial charge in [-0.05, 0) is 26.9 Å². The van der Waals surface area contributed by atoms with E-state index in [0.29, 0.717) is 18.3 Å². The van der Waals surface area contributed by atoms with E-state index in [0.717, 1.165) is 12.8 Å². The maximum absolute atomic E-state index is 11.6. The molecule has 2 unspecified atom stereocenters. The second kappa shape index (κ2) is 5.52. The summed E-state index contributed by atoms with van der Waals surface area (Å²) in [5, 5.41) is 0. The SMILES string of the molecule is CN(C)C1CC=CC(C(=O)CCCl)C1. The van der Waals surface area contributed by atoms with E-state index in [1.54, 1.807) is 0 Å². The van der Waals surface area contributed by atoms with Gasteiger partial charge in [0.15, 0.2) is 0 Å². The van der Waals surface area contributed by atoms with Gasteiger partial charge in [0, 0.05) is 24.3 Å². The fraction of sp³-hybridized carbons (Fsp3) is 0.727. The van der Waals surface area contributed by atoms with Crippen LogP contribution in [-0.4, -0.2) is 36.7 Å². The Morgan fingerprint density at radius 2 is 2.29 bits per heavy atom. The quantitative estimate of drug-likeness (QED) is 0.529. The number of carbonyl (C=O) groups is 1. The van der Waals surface area contributed by atoms with Gasteiger partial charge in [-0.15, -0.1) is 11.6 Å². The van der Waals surface area contributed by atoms with Crippen LogP contribution in [0.4, 0.5) is 0 Å². The summed E-state index contributed by atoms with van der Waals surface area (Å²) in [6.07, 6.45) is 6.65. The molecule has 0 fully saturated rings. The highest BCUT2D eigenvalue weighted by atomic mass is 35.5. The number of alkyl halides is 1. The molecular formula is C11H18ClNO. The van der Waals surface area contributed by atoms with Crippen LogP contribution in [0.2, 0.25) is 0 Å². The number of Topliss-reactive ketones (excluding diaryl/α,β-unsaturated/α-hetero) is 1. The van der Waals surface area contributed by atoms with Crippen molar-refractivity contribution in [3.8, 4) is 0 Å². The third-order valence-corrected chi connectivity index (χ3v) is 2.98. The molecule has 0 radical (unpaired) electrons. The van der Waals surface area contributed by atoms with Crippen LogP contribution in [0.25, 0.3) is 0 Å². The Hall–Kier alpha value is -0.340. The summed E-state index contributed by atoms with van der Waals surface area (Å²) in [4.78, 5) is 13.8. The molecule has 0 heterocycles. The Kier molecular flexibility index (Phi) is 4.63. The predicted molar refractivity (Wildman–Crippen MR) is 59.7 cm³/mol. The molecule has 1 aliphatic carbocycles. The van der Waals surface area contributed by atoms with Crippen molar-refractivity contribution in [2.45, 2.75) is 25.3 Å². The molecule has 0 saturated heterocycles. The van der Waals surface area contributed by atoms with Gasteiger partial charge in [0.25, 0.3) is 0 Å². The second-order valence-electron chi connectivity index (χ2n) is 4.03. The number of carbonyl (C=O) groups excluding carboxylic acids is 1. The minimum atomic E-state index is 0.0925. The topological polar surface area (TPSA) is 20.3 Å². The molecule has 14 heavy (non-hydrogen) atoms. The number of nitrogens with zero attached hydrogens (tertiary/aromatic N) is 1. The Bertz CT molecular complexity index is 225. The van der Waals surface area contributed by atoms with Crippen LogP contribution in [0.5, 0.6) is 0 Å². The normalized spacial score (nSPS) is 26.9. The summed E-state index contributed by atoms with van der Waals surface area (Å²) < 4.78 is 0. The molecule has 0 bridgehead atoms. The Morgan fingerprint density at radius 3 is 2.86 bits per heavy atom. The minimum Gasteiger partial charge on any atom is -0.306 e. The first-order chi connectivity index (χ1) is 6.65. The molecule has 0 amide bonds. The molecule has 80 valence electrons. The van der Waals surface area contributed by atoms with E-state index in [-0.39, 0.29) is 11.7 Å². The molecule has 0 aromatic heterocycles. The van der Waals surface area contributed by atoms with Crippen molar-refractivity contribution < 1.29 is 4.79 Å². The van der Waals surface area contributed by atoms with Crippen LogP contribution in [-0.2, 0) is 4.79 Å². The van der Waals surface area contributed by atoms with Gasteiger partial charge in [-0.25, -0.2) is 0 Å². The highest BCUT2D eigenvalue weighted by molar-refractivity contribution is 6.19. The van der Waals surface area contributed by atoms with Crippen LogP contribution in [0, 0.1) is 5.92 Å². The highest BCUT2D eigenvalue weighted by Crippen LogP contribution is 2.22. The van der Waals surface area contributed by atoms with Crippen molar-refractivity contribution in [2.75, 3.05) is 20.0 Å². The zero-order chi connectivity index (χ0) is 10.6. The largest absolute Gasteiger partial charge is 0.306 e. The number of ketones is 1. The average molecular weight is 216 g/mol. The molecule has 0 aromatic carbocycles. The summed E-state index contributed by atoms with van der Waals surface area (Å²) in [5.41, 5.74) is 0. The molecule has 3 heteroatoms. The third kappa shape index (κ3) is 3.10. The van der Waals surface area contributed by atoms with Crippen molar-refractivity contribution in [1.82, 2.24) is 4.90 Å². The zero-order valence-corrected chi connectivity index (χ0v) is 9.63. The van der Waals surface area contributed by atoms with E-state index < -0.39 is 0 Å². The van der Waals surface area contributed by atoms with Gasteiger partial charge in [-0.2, -0.15) is 0 Å². The zero-order valence-electron chi connectivity index (χ0n) is 8.87. The molecular weight excluding hydrogens is 198 g/mol. The average Bonchev–Trinajstić information content (AvgIpc) is 2.18. The Morgan fingerprint density at radius 1 is 1.57 bits per heavy atom. The van der Waals surface area contributed by atoms with Crippen LogP contribution in [0.15, 0.2) is 12.2 Å². The van der Waals surface area contributed by atoms with Gasteiger partial charge >= 0.3 is 0 Å². The van der Waals surface area contributed by atoms with E-state index >= 15 is 0 Å². The summed E-state index contributed by atoms with van der Waals surface area (Å²) in [7, 11) is 4.12. The third-order valence-electron chi connectivity index (χ3n) is 2.79. The van der Waals surface area contributed by atoms with Crippen molar-refractivity contribution in [3.63, 3.8) is 0 Å². The predicted octanol–water partition coefficient (Wildman–Crippen LogP) is 2.08. The number of hydrogen-bond donors (Lipinski definition) is 0. The monoisotopic (exact) mass is 215 g/mol. The number of hydrogen-bond acceptors (Lipinski definition) is 2. The van der Waals surface area contributed by atoms with Gasteiger partial charge in [0.1, 0.15) is 5.78 Å². The van der Waals surface area contributed by atoms with Crippen LogP contribution in [0.3, 0.4) is 0 Å². The standard InChI is InChI=1S/C11H18ClNO/c1-13(2)10-5-3-4-9(8-10)11(14)6-7-12/h3-4,9-10H,5-8H2,1-2H3. The molecule has 2 atom stereocenters. The Labute approximate surface area is 90.9 Å². The fourth-order valence-electron chi connectivity index (χ4n) is 1.81. The molecule has 1 aliphatic rings. The van der Waals surface area contributed by atoms with E-state index in [9.17, 15) is 4.79 Å². The van der Waals surface area contributed by atoms with Crippen molar-refractivity contribution in [1.29, 1.82) is 0 Å². The summed E-state index contributed by atoms with van der Waals surface area (Å²) in [6.45, 7) is 0. The van der Waals surface area contributed by atoms with Crippen LogP contribution >= 0.6 is 11.6 Å². The first-order valence-electron chi connectivity index (χ1n) is 5.07. The minimum absolute atomic E-state index is 0.0925. The van der Waals surface area contributed by atoms with E-state index in [4.69, 9.17) is 11.6 Å². The van der Waals surface area contributed by atoms with E-state index in [1.807, 2.05) is 6.08 Å².